The van der Waals surface area contributed by atoms with E-state index >= 15 is 0 Å². The number of likely N-dealkylation sites (N-methyl/N-ethyl adjacent to an activating group) is 1. The van der Waals surface area contributed by atoms with Crippen LogP contribution in [0, 0.1) is 11.8 Å². The number of carboxylic acids is 1. The number of carbonyl (C=O) groups is 4. The molecule has 0 spiro atoms. The van der Waals surface area contributed by atoms with E-state index in [1.54, 1.807) is 0 Å². The first-order chi connectivity index (χ1) is 17.7. The van der Waals surface area contributed by atoms with Crippen molar-refractivity contribution in [3.05, 3.63) is 46.2 Å². The first-order valence-corrected chi connectivity index (χ1v) is 11.8. The molecule has 13 nitrogen and oxygen atoms in total. The standard InChI is InChI=1S/C25H29N3O10/c1-24(37)10-5-4-6-13(29)15(10)19(32)16-11(24)7-12-18(28(2)3)20(33)17(22(35)25(12,38)21(16)34)23(36)27-9-26-8-14(30)31/h4-6,11-12,18,26,29,32,35,37-38H,7-9H2,1-3H3,(H,27,36)(H,30,31)/t11-,12-,18-,24+,25-/m0/s1. The maximum Gasteiger partial charge on any atom is 0.317 e. The van der Waals surface area contributed by atoms with Gasteiger partial charge in [-0.05, 0) is 39.1 Å². The Labute approximate surface area is 216 Å². The third-order valence-electron chi connectivity index (χ3n) is 7.65. The number of amides is 1. The summed E-state index contributed by atoms with van der Waals surface area (Å²) in [5.74, 6) is -9.27. The van der Waals surface area contributed by atoms with Gasteiger partial charge in [-0.3, -0.25) is 29.4 Å². The third-order valence-corrected chi connectivity index (χ3v) is 7.65. The Morgan fingerprint density at radius 1 is 1.13 bits per heavy atom. The molecule has 0 radical (unpaired) electrons. The van der Waals surface area contributed by atoms with Gasteiger partial charge in [0.05, 0.1) is 30.4 Å². The van der Waals surface area contributed by atoms with Gasteiger partial charge in [0.25, 0.3) is 5.91 Å². The molecule has 8 N–H and O–H groups in total. The number of aromatic hydroxyl groups is 1. The van der Waals surface area contributed by atoms with Crippen molar-refractivity contribution in [1.29, 1.82) is 0 Å². The molecule has 0 saturated heterocycles. The van der Waals surface area contributed by atoms with E-state index < -0.39 is 94.2 Å². The summed E-state index contributed by atoms with van der Waals surface area (Å²) >= 11 is 0. The molecule has 13 heteroatoms. The molecule has 1 aromatic rings. The first kappa shape index (κ1) is 27.3. The molecule has 38 heavy (non-hydrogen) atoms. The zero-order valence-electron chi connectivity index (χ0n) is 20.8. The average Bonchev–Trinajstić information content (AvgIpc) is 2.82. The highest BCUT2D eigenvalue weighted by Gasteiger charge is 2.66. The van der Waals surface area contributed by atoms with Crippen LogP contribution < -0.4 is 10.6 Å². The molecule has 0 aromatic heterocycles. The van der Waals surface area contributed by atoms with Gasteiger partial charge in [0.1, 0.15) is 22.8 Å². The largest absolute Gasteiger partial charge is 0.508 e. The fraction of sp³-hybridized carbons (Fsp3) is 0.440. The normalized spacial score (nSPS) is 30.6. The van der Waals surface area contributed by atoms with Crippen LogP contribution in [0.15, 0.2) is 35.1 Å². The predicted octanol–water partition coefficient (Wildman–Crippen LogP) is -1.11. The molecule has 1 fully saturated rings. The number of nitrogens with zero attached hydrogens (tertiary/aromatic N) is 1. The van der Waals surface area contributed by atoms with Crippen molar-refractivity contribution in [2.24, 2.45) is 11.8 Å². The van der Waals surface area contributed by atoms with E-state index in [0.29, 0.717) is 0 Å². The van der Waals surface area contributed by atoms with Gasteiger partial charge in [-0.25, -0.2) is 0 Å². The van der Waals surface area contributed by atoms with Gasteiger partial charge in [-0.1, -0.05) is 12.1 Å². The summed E-state index contributed by atoms with van der Waals surface area (Å²) < 4.78 is 0. The number of rotatable bonds is 6. The molecule has 1 saturated carbocycles. The Hall–Kier alpha value is -3.78. The smallest absolute Gasteiger partial charge is 0.317 e. The number of ketones is 2. The third kappa shape index (κ3) is 3.77. The molecule has 0 aliphatic heterocycles. The highest BCUT2D eigenvalue weighted by atomic mass is 16.4. The average molecular weight is 532 g/mol. The molecule has 3 aliphatic rings. The van der Waals surface area contributed by atoms with E-state index in [2.05, 4.69) is 10.6 Å². The van der Waals surface area contributed by atoms with Crippen molar-refractivity contribution in [1.82, 2.24) is 15.5 Å². The Kier molecular flexibility index (Phi) is 6.60. The van der Waals surface area contributed by atoms with Crippen LogP contribution in [0.5, 0.6) is 5.75 Å². The Morgan fingerprint density at radius 3 is 2.39 bits per heavy atom. The lowest BCUT2D eigenvalue weighted by Gasteiger charge is -2.53. The van der Waals surface area contributed by atoms with Crippen LogP contribution in [-0.4, -0.2) is 97.9 Å². The van der Waals surface area contributed by atoms with Crippen LogP contribution in [-0.2, 0) is 24.8 Å². The van der Waals surface area contributed by atoms with E-state index in [9.17, 15) is 44.7 Å². The van der Waals surface area contributed by atoms with Crippen LogP contribution in [0.3, 0.4) is 0 Å². The van der Waals surface area contributed by atoms with Crippen LogP contribution in [0.2, 0.25) is 0 Å². The van der Waals surface area contributed by atoms with E-state index in [1.807, 2.05) is 0 Å². The number of Topliss-reactive ketones (excluding diaryl/α,β-unsaturated/α-hetero) is 2. The van der Waals surface area contributed by atoms with Crippen LogP contribution in [0.4, 0.5) is 0 Å². The minimum Gasteiger partial charge on any atom is -0.508 e. The summed E-state index contributed by atoms with van der Waals surface area (Å²) in [4.78, 5) is 52.4. The number of phenols is 1. The maximum absolute atomic E-state index is 13.9. The molecule has 3 aliphatic carbocycles. The predicted molar refractivity (Wildman–Crippen MR) is 130 cm³/mol. The van der Waals surface area contributed by atoms with Gasteiger partial charge >= 0.3 is 5.97 Å². The van der Waals surface area contributed by atoms with Crippen molar-refractivity contribution in [2.45, 2.75) is 30.6 Å². The maximum atomic E-state index is 13.9. The molecular formula is C25H29N3O10. The number of hydrogen-bond donors (Lipinski definition) is 8. The van der Waals surface area contributed by atoms with E-state index in [-0.39, 0.29) is 17.5 Å². The van der Waals surface area contributed by atoms with Gasteiger partial charge in [0.2, 0.25) is 5.78 Å². The number of phenolic OH excluding ortho intramolecular Hbond substituents is 1. The summed E-state index contributed by atoms with van der Waals surface area (Å²) in [5, 5.41) is 69.2. The number of carbonyl (C=O) groups excluding carboxylic acids is 3. The van der Waals surface area contributed by atoms with Crippen LogP contribution in [0.25, 0.3) is 5.76 Å². The van der Waals surface area contributed by atoms with Crippen LogP contribution >= 0.6 is 0 Å². The zero-order chi connectivity index (χ0) is 28.3. The minimum atomic E-state index is -2.83. The fourth-order valence-electron chi connectivity index (χ4n) is 5.88. The lowest BCUT2D eigenvalue weighted by molar-refractivity contribution is -0.159. The number of nitrogens with one attached hydrogen (secondary N) is 2. The van der Waals surface area contributed by atoms with Crippen molar-refractivity contribution in [3.63, 3.8) is 0 Å². The molecule has 204 valence electrons. The highest BCUT2D eigenvalue weighted by Crippen LogP contribution is 2.57. The molecule has 4 rings (SSSR count). The topological polar surface area (TPSA) is 217 Å². The van der Waals surface area contributed by atoms with Gasteiger partial charge in [-0.2, -0.15) is 0 Å². The Balaban J connectivity index is 1.87. The quantitative estimate of drug-likeness (QED) is 0.125. The molecule has 0 heterocycles. The van der Waals surface area contributed by atoms with Gasteiger partial charge in [0, 0.05) is 17.4 Å². The minimum absolute atomic E-state index is 0.138. The van der Waals surface area contributed by atoms with Crippen molar-refractivity contribution in [3.8, 4) is 5.75 Å². The summed E-state index contributed by atoms with van der Waals surface area (Å²) in [5.41, 5.74) is -6.07. The van der Waals surface area contributed by atoms with Crippen molar-refractivity contribution >= 4 is 29.2 Å². The number of aliphatic hydroxyl groups excluding tert-OH is 2. The zero-order valence-corrected chi connectivity index (χ0v) is 20.8. The number of aliphatic hydroxyl groups is 4. The van der Waals surface area contributed by atoms with Crippen LogP contribution in [0.1, 0.15) is 24.5 Å². The Morgan fingerprint density at radius 2 is 1.79 bits per heavy atom. The van der Waals surface area contributed by atoms with E-state index in [4.69, 9.17) is 5.11 Å². The highest BCUT2D eigenvalue weighted by molar-refractivity contribution is 6.25. The SMILES string of the molecule is CN(C)[C@@H]1C(=O)C(C(=O)NCNCC(=O)O)=C(O)[C@@]2(O)C(=O)C3=C(O)c4c(O)cccc4[C@@](C)(O)[C@H]3C[C@@H]12. The molecule has 1 aromatic carbocycles. The molecule has 0 bridgehead atoms. The van der Waals surface area contributed by atoms with E-state index in [1.165, 1.54) is 44.1 Å². The number of hydrogen-bond acceptors (Lipinski definition) is 11. The summed E-state index contributed by atoms with van der Waals surface area (Å²) in [6.45, 7) is 0.478. The fourth-order valence-corrected chi connectivity index (χ4v) is 5.88. The molecule has 1 amide bonds. The lowest BCUT2D eigenvalue weighted by atomic mass is 9.54. The van der Waals surface area contributed by atoms with Gasteiger partial charge in [0.15, 0.2) is 11.4 Å². The summed E-state index contributed by atoms with van der Waals surface area (Å²) in [7, 11) is 2.96. The second-order valence-corrected chi connectivity index (χ2v) is 10.1. The molecular weight excluding hydrogens is 502 g/mol. The van der Waals surface area contributed by atoms with Gasteiger partial charge in [-0.15, -0.1) is 0 Å². The molecule has 5 atom stereocenters. The van der Waals surface area contributed by atoms with Gasteiger partial charge < -0.3 is 36.0 Å². The Bertz CT molecular complexity index is 1310. The lowest BCUT2D eigenvalue weighted by Crippen LogP contribution is -2.67. The second-order valence-electron chi connectivity index (χ2n) is 10.1. The summed E-state index contributed by atoms with van der Waals surface area (Å²) in [6.07, 6.45) is -0.253. The van der Waals surface area contributed by atoms with Crippen molar-refractivity contribution in [2.75, 3.05) is 27.3 Å². The molecule has 0 unspecified atom stereocenters. The monoisotopic (exact) mass is 531 g/mol. The van der Waals surface area contributed by atoms with E-state index in [0.717, 1.165) is 0 Å². The number of carboxylic acid groups (broad SMARTS) is 1. The number of aliphatic carboxylic acids is 1. The number of benzene rings is 1. The summed E-state index contributed by atoms with van der Waals surface area (Å²) in [6, 6.07) is 2.88. The van der Waals surface area contributed by atoms with Crippen molar-refractivity contribution < 1.29 is 49.8 Å². The first-order valence-electron chi connectivity index (χ1n) is 11.8. The second kappa shape index (κ2) is 9.20. The number of fused-ring (bicyclic) bond motifs is 3.